The molecule has 130 valence electrons. The summed E-state index contributed by atoms with van der Waals surface area (Å²) < 4.78 is 0. The summed E-state index contributed by atoms with van der Waals surface area (Å²) in [5.41, 5.74) is 0. The van der Waals surface area contributed by atoms with Gasteiger partial charge in [0.1, 0.15) is 37.0 Å². The summed E-state index contributed by atoms with van der Waals surface area (Å²) >= 11 is 0. The van der Waals surface area contributed by atoms with E-state index >= 15 is 0 Å². The van der Waals surface area contributed by atoms with Gasteiger partial charge < -0.3 is 0 Å². The van der Waals surface area contributed by atoms with Gasteiger partial charge in [0.25, 0.3) is 0 Å². The van der Waals surface area contributed by atoms with Crippen LogP contribution in [0.5, 0.6) is 0 Å². The lowest BCUT2D eigenvalue weighted by molar-refractivity contribution is -0.152. The van der Waals surface area contributed by atoms with Gasteiger partial charge in [-0.1, -0.05) is 0 Å². The molecule has 0 aromatic rings. The van der Waals surface area contributed by atoms with Crippen molar-refractivity contribution in [1.82, 2.24) is 30.2 Å². The molecule has 0 aliphatic carbocycles. The molecule has 0 aromatic carbocycles. The third-order valence-corrected chi connectivity index (χ3v) is 5.34. The highest BCUT2D eigenvalue weighted by Gasteiger charge is 2.69. The van der Waals surface area contributed by atoms with E-state index < -0.39 is 37.0 Å². The number of carbonyl (C=O) groups is 4. The third-order valence-electron chi connectivity index (χ3n) is 5.34. The minimum Gasteiger partial charge on any atom is -0.299 e. The maximum atomic E-state index is 12.3. The van der Waals surface area contributed by atoms with Gasteiger partial charge in [-0.05, 0) is 0 Å². The number of amides is 4. The quantitative estimate of drug-likeness (QED) is 0.510. The third kappa shape index (κ3) is 1.62. The topological polar surface area (TPSA) is 105 Å². The molecule has 5 heterocycles. The summed E-state index contributed by atoms with van der Waals surface area (Å²) in [5.74, 6) is -0.866. The van der Waals surface area contributed by atoms with Crippen molar-refractivity contribution < 1.29 is 19.2 Å². The molecule has 0 aromatic heterocycles. The lowest BCUT2D eigenvalue weighted by Gasteiger charge is -2.42. The molecule has 6 bridgehead atoms. The van der Waals surface area contributed by atoms with Gasteiger partial charge in [-0.25, -0.2) is 0 Å². The number of nitrogens with one attached hydrogen (secondary N) is 2. The predicted molar refractivity (Wildman–Crippen MR) is 79.1 cm³/mol. The van der Waals surface area contributed by atoms with E-state index in [1.54, 1.807) is 19.6 Å². The first kappa shape index (κ1) is 15.3. The Hall–Kier alpha value is -2.20. The molecule has 2 unspecified atom stereocenters. The Bertz CT molecular complexity index is 560. The highest BCUT2D eigenvalue weighted by molar-refractivity contribution is 5.83. The van der Waals surface area contributed by atoms with Crippen molar-refractivity contribution in [1.29, 1.82) is 0 Å². The first-order valence-corrected chi connectivity index (χ1v) is 7.93. The largest absolute Gasteiger partial charge is 0.299 e. The van der Waals surface area contributed by atoms with Crippen LogP contribution >= 0.6 is 0 Å². The summed E-state index contributed by atoms with van der Waals surface area (Å²) in [7, 11) is 0. The molecule has 2 N–H and O–H groups in total. The monoisotopic (exact) mass is 336 g/mol. The summed E-state index contributed by atoms with van der Waals surface area (Å²) in [6.07, 6.45) is -3.14. The number of carbonyl (C=O) groups excluding carboxylic acids is 4. The normalized spacial score (nSPS) is 38.8. The fraction of sp³-hybridized carbons (Fsp3) is 0.714. The van der Waals surface area contributed by atoms with E-state index in [0.29, 0.717) is 0 Å². The van der Waals surface area contributed by atoms with E-state index in [0.717, 1.165) is 0 Å². The second-order valence-electron chi connectivity index (χ2n) is 6.65. The Kier molecular flexibility index (Phi) is 2.98. The van der Waals surface area contributed by atoms with Crippen LogP contribution in [0.1, 0.15) is 27.7 Å². The fourth-order valence-electron chi connectivity index (χ4n) is 4.67. The Morgan fingerprint density at radius 2 is 0.750 bits per heavy atom. The van der Waals surface area contributed by atoms with Gasteiger partial charge in [0.15, 0.2) is 0 Å². The van der Waals surface area contributed by atoms with Crippen molar-refractivity contribution in [3.63, 3.8) is 0 Å². The standard InChI is InChI=1S/C14H20N6O4/c1-5(21)17-9-10-16-12-11(15-9)19(7(3)23)14(20(12)8(4)24)13(17)18(10)6(2)22/h9-16H,1-4H3/t9-,10+,11-,12+,13?,14?. The van der Waals surface area contributed by atoms with Crippen LogP contribution in [0.15, 0.2) is 0 Å². The van der Waals surface area contributed by atoms with Gasteiger partial charge in [-0.2, -0.15) is 0 Å². The second kappa shape index (κ2) is 4.67. The molecule has 24 heavy (non-hydrogen) atoms. The van der Waals surface area contributed by atoms with Crippen molar-refractivity contribution in [3.05, 3.63) is 0 Å². The molecule has 6 atom stereocenters. The lowest BCUT2D eigenvalue weighted by atomic mass is 10.2. The molecule has 5 aliphatic heterocycles. The zero-order valence-electron chi connectivity index (χ0n) is 13.9. The van der Waals surface area contributed by atoms with E-state index in [9.17, 15) is 19.2 Å². The van der Waals surface area contributed by atoms with E-state index in [4.69, 9.17) is 0 Å². The first-order valence-electron chi connectivity index (χ1n) is 7.93. The first-order chi connectivity index (χ1) is 11.3. The molecule has 10 heteroatoms. The van der Waals surface area contributed by atoms with Crippen LogP contribution in [0, 0.1) is 0 Å². The highest BCUT2D eigenvalue weighted by Crippen LogP contribution is 2.43. The highest BCUT2D eigenvalue weighted by atomic mass is 16.2. The molecule has 4 amide bonds. The number of hydrogen-bond acceptors (Lipinski definition) is 6. The van der Waals surface area contributed by atoms with Crippen molar-refractivity contribution in [2.24, 2.45) is 0 Å². The molecule has 10 nitrogen and oxygen atoms in total. The van der Waals surface area contributed by atoms with Gasteiger partial charge in [0.05, 0.1) is 0 Å². The lowest BCUT2D eigenvalue weighted by Crippen LogP contribution is -2.73. The van der Waals surface area contributed by atoms with Crippen LogP contribution in [-0.4, -0.2) is 80.2 Å². The van der Waals surface area contributed by atoms with Crippen molar-refractivity contribution in [2.75, 3.05) is 0 Å². The SMILES string of the molecule is CC(=O)N1C2C3N(C(C)=O)[C@@H]4N[C@@H]1[C@H](N[C@@H]4N3C(C)=O)N2C(C)=O. The summed E-state index contributed by atoms with van der Waals surface area (Å²) in [6.45, 7) is 5.71. The summed E-state index contributed by atoms with van der Waals surface area (Å²) in [6, 6.07) is 0. The van der Waals surface area contributed by atoms with Crippen molar-refractivity contribution in [2.45, 2.75) is 64.7 Å². The van der Waals surface area contributed by atoms with Crippen LogP contribution < -0.4 is 10.6 Å². The number of piperazine rings is 1. The van der Waals surface area contributed by atoms with E-state index in [1.807, 2.05) is 0 Å². The van der Waals surface area contributed by atoms with Crippen LogP contribution in [0.25, 0.3) is 0 Å². The number of nitrogens with zero attached hydrogens (tertiary/aromatic N) is 4. The second-order valence-corrected chi connectivity index (χ2v) is 6.65. The number of hydrogen-bond donors (Lipinski definition) is 2. The van der Waals surface area contributed by atoms with E-state index in [1.165, 1.54) is 27.7 Å². The van der Waals surface area contributed by atoms with Crippen molar-refractivity contribution >= 4 is 23.6 Å². The molecule has 5 fully saturated rings. The zero-order chi connectivity index (χ0) is 17.5. The summed E-state index contributed by atoms with van der Waals surface area (Å²) in [5, 5.41) is 6.58. The fourth-order valence-corrected chi connectivity index (χ4v) is 4.67. The molecule has 5 saturated heterocycles. The Morgan fingerprint density at radius 3 is 0.917 bits per heavy atom. The molecular formula is C14H20N6O4. The zero-order valence-corrected chi connectivity index (χ0v) is 13.9. The van der Waals surface area contributed by atoms with Crippen molar-refractivity contribution in [3.8, 4) is 0 Å². The van der Waals surface area contributed by atoms with Gasteiger partial charge in [-0.15, -0.1) is 0 Å². The minimum atomic E-state index is -0.708. The average Bonchev–Trinajstić information content (AvgIpc) is 2.85. The van der Waals surface area contributed by atoms with Crippen LogP contribution in [-0.2, 0) is 19.2 Å². The Labute approximate surface area is 138 Å². The maximum absolute atomic E-state index is 12.3. The van der Waals surface area contributed by atoms with Gasteiger partial charge in [0.2, 0.25) is 23.6 Å². The molecular weight excluding hydrogens is 316 g/mol. The van der Waals surface area contributed by atoms with E-state index in [-0.39, 0.29) is 23.6 Å². The molecule has 5 rings (SSSR count). The van der Waals surface area contributed by atoms with E-state index in [2.05, 4.69) is 10.6 Å². The predicted octanol–water partition coefficient (Wildman–Crippen LogP) is -2.43. The van der Waals surface area contributed by atoms with Crippen LogP contribution in [0.4, 0.5) is 0 Å². The maximum Gasteiger partial charge on any atom is 0.222 e. The average molecular weight is 336 g/mol. The van der Waals surface area contributed by atoms with Crippen LogP contribution in [0.2, 0.25) is 0 Å². The molecule has 0 spiro atoms. The van der Waals surface area contributed by atoms with Gasteiger partial charge in [-0.3, -0.25) is 49.4 Å². The molecule has 0 saturated carbocycles. The van der Waals surface area contributed by atoms with Crippen LogP contribution in [0.3, 0.4) is 0 Å². The molecule has 0 radical (unpaired) electrons. The number of rotatable bonds is 0. The molecule has 5 aliphatic rings. The van der Waals surface area contributed by atoms with Gasteiger partial charge >= 0.3 is 0 Å². The smallest absolute Gasteiger partial charge is 0.222 e. The van der Waals surface area contributed by atoms with Gasteiger partial charge in [0, 0.05) is 27.7 Å². The summed E-state index contributed by atoms with van der Waals surface area (Å²) in [4.78, 5) is 55.4. The minimum absolute atomic E-state index is 0.217. The Balaban J connectivity index is 1.93. The Morgan fingerprint density at radius 1 is 0.542 bits per heavy atom.